The molecule has 2 rings (SSSR count). The van der Waals surface area contributed by atoms with Crippen LogP contribution in [0.25, 0.3) is 0 Å². The largest absolute Gasteiger partial charge is 0.352 e. The molecule has 20 heavy (non-hydrogen) atoms. The number of hydrogen-bond acceptors (Lipinski definition) is 4. The summed E-state index contributed by atoms with van der Waals surface area (Å²) < 4.78 is 25.0. The van der Waals surface area contributed by atoms with Gasteiger partial charge in [-0.15, -0.1) is 0 Å². The summed E-state index contributed by atoms with van der Waals surface area (Å²) in [7, 11) is -3.11. The minimum Gasteiger partial charge on any atom is -0.352 e. The first kappa shape index (κ1) is 15.7. The van der Waals surface area contributed by atoms with Gasteiger partial charge in [0.25, 0.3) is 0 Å². The van der Waals surface area contributed by atoms with Crippen molar-refractivity contribution in [2.24, 2.45) is 5.92 Å². The SMILES string of the molecule is CCS(=O)(=O)N1CCC(C(=O)N[C@H]2CCCNC2)CC1. The Morgan fingerprint density at radius 3 is 2.55 bits per heavy atom. The summed E-state index contributed by atoms with van der Waals surface area (Å²) in [5, 5.41) is 6.36. The standard InChI is InChI=1S/C13H25N3O3S/c1-2-20(18,19)16-8-5-11(6-9-16)13(17)15-12-4-3-7-14-10-12/h11-12,14H,2-10H2,1H3,(H,15,17)/t12-/m0/s1. The number of piperidine rings is 2. The zero-order chi connectivity index (χ0) is 14.6. The van der Waals surface area contributed by atoms with E-state index < -0.39 is 10.0 Å². The Labute approximate surface area is 121 Å². The van der Waals surface area contributed by atoms with E-state index in [1.165, 1.54) is 4.31 Å². The van der Waals surface area contributed by atoms with E-state index in [1.807, 2.05) is 0 Å². The molecule has 0 radical (unpaired) electrons. The lowest BCUT2D eigenvalue weighted by atomic mass is 9.96. The highest BCUT2D eigenvalue weighted by molar-refractivity contribution is 7.89. The fourth-order valence-corrected chi connectivity index (χ4v) is 4.01. The highest BCUT2D eigenvalue weighted by atomic mass is 32.2. The maximum atomic E-state index is 12.2. The molecule has 0 aromatic rings. The van der Waals surface area contributed by atoms with E-state index in [9.17, 15) is 13.2 Å². The molecule has 0 aromatic heterocycles. The van der Waals surface area contributed by atoms with E-state index in [0.29, 0.717) is 25.9 Å². The zero-order valence-electron chi connectivity index (χ0n) is 12.1. The Kier molecular flexibility index (Phi) is 5.40. The summed E-state index contributed by atoms with van der Waals surface area (Å²) in [6, 6.07) is 0.230. The molecule has 2 heterocycles. The van der Waals surface area contributed by atoms with Gasteiger partial charge in [0.05, 0.1) is 5.75 Å². The number of nitrogens with zero attached hydrogens (tertiary/aromatic N) is 1. The van der Waals surface area contributed by atoms with Crippen molar-refractivity contribution in [1.82, 2.24) is 14.9 Å². The molecule has 0 unspecified atom stereocenters. The van der Waals surface area contributed by atoms with Gasteiger partial charge in [-0.05, 0) is 39.2 Å². The van der Waals surface area contributed by atoms with E-state index in [4.69, 9.17) is 0 Å². The number of rotatable bonds is 4. The topological polar surface area (TPSA) is 78.5 Å². The molecule has 0 aliphatic carbocycles. The minimum absolute atomic E-state index is 0.0415. The van der Waals surface area contributed by atoms with Crippen molar-refractivity contribution in [3.8, 4) is 0 Å². The molecule has 1 amide bonds. The molecule has 2 fully saturated rings. The molecule has 2 saturated heterocycles. The molecule has 2 aliphatic rings. The van der Waals surface area contributed by atoms with Gasteiger partial charge in [0, 0.05) is 31.6 Å². The van der Waals surface area contributed by atoms with Gasteiger partial charge >= 0.3 is 0 Å². The summed E-state index contributed by atoms with van der Waals surface area (Å²) in [5.41, 5.74) is 0. The van der Waals surface area contributed by atoms with Gasteiger partial charge in [-0.2, -0.15) is 0 Å². The molecule has 0 aromatic carbocycles. The highest BCUT2D eigenvalue weighted by Gasteiger charge is 2.31. The Morgan fingerprint density at radius 1 is 1.30 bits per heavy atom. The van der Waals surface area contributed by atoms with Gasteiger partial charge < -0.3 is 10.6 Å². The lowest BCUT2D eigenvalue weighted by molar-refractivity contribution is -0.126. The third kappa shape index (κ3) is 3.93. The van der Waals surface area contributed by atoms with Crippen LogP contribution in [-0.2, 0) is 14.8 Å². The molecule has 7 heteroatoms. The van der Waals surface area contributed by atoms with Crippen molar-refractivity contribution >= 4 is 15.9 Å². The van der Waals surface area contributed by atoms with Crippen LogP contribution in [0.2, 0.25) is 0 Å². The normalized spacial score (nSPS) is 26.4. The van der Waals surface area contributed by atoms with Crippen molar-refractivity contribution in [1.29, 1.82) is 0 Å². The number of amides is 1. The molecule has 6 nitrogen and oxygen atoms in total. The van der Waals surface area contributed by atoms with Crippen LogP contribution in [-0.4, -0.2) is 56.6 Å². The molecule has 0 saturated carbocycles. The van der Waals surface area contributed by atoms with Gasteiger partial charge in [-0.25, -0.2) is 12.7 Å². The van der Waals surface area contributed by atoms with Crippen LogP contribution in [0.3, 0.4) is 0 Å². The number of carbonyl (C=O) groups is 1. The first-order valence-corrected chi connectivity index (χ1v) is 9.12. The molecular weight excluding hydrogens is 278 g/mol. The number of nitrogens with one attached hydrogen (secondary N) is 2. The second-order valence-corrected chi connectivity index (χ2v) is 7.88. The molecule has 2 aliphatic heterocycles. The lowest BCUT2D eigenvalue weighted by Gasteiger charge is -2.32. The van der Waals surface area contributed by atoms with Crippen LogP contribution in [0.1, 0.15) is 32.6 Å². The van der Waals surface area contributed by atoms with Crippen LogP contribution in [0.5, 0.6) is 0 Å². The van der Waals surface area contributed by atoms with Crippen molar-refractivity contribution in [2.75, 3.05) is 31.9 Å². The second-order valence-electron chi connectivity index (χ2n) is 5.63. The maximum absolute atomic E-state index is 12.2. The quantitative estimate of drug-likeness (QED) is 0.761. The Hall–Kier alpha value is -0.660. The van der Waals surface area contributed by atoms with Gasteiger partial charge in [0.1, 0.15) is 0 Å². The van der Waals surface area contributed by atoms with Crippen LogP contribution in [0, 0.1) is 5.92 Å². The van der Waals surface area contributed by atoms with Crippen LogP contribution < -0.4 is 10.6 Å². The fraction of sp³-hybridized carbons (Fsp3) is 0.923. The highest BCUT2D eigenvalue weighted by Crippen LogP contribution is 2.20. The van der Waals surface area contributed by atoms with E-state index in [0.717, 1.165) is 25.9 Å². The van der Waals surface area contributed by atoms with Crippen molar-refractivity contribution in [3.63, 3.8) is 0 Å². The van der Waals surface area contributed by atoms with Gasteiger partial charge in [0.2, 0.25) is 15.9 Å². The third-order valence-corrected chi connectivity index (χ3v) is 6.11. The molecule has 0 bridgehead atoms. The van der Waals surface area contributed by atoms with E-state index in [1.54, 1.807) is 6.92 Å². The van der Waals surface area contributed by atoms with Crippen LogP contribution in [0.15, 0.2) is 0 Å². The molecular formula is C13H25N3O3S. The first-order chi connectivity index (χ1) is 9.53. The van der Waals surface area contributed by atoms with E-state index in [-0.39, 0.29) is 23.6 Å². The maximum Gasteiger partial charge on any atom is 0.223 e. The van der Waals surface area contributed by atoms with Crippen LogP contribution >= 0.6 is 0 Å². The average molecular weight is 303 g/mol. The number of sulfonamides is 1. The predicted octanol–water partition coefficient (Wildman–Crippen LogP) is -0.0837. The van der Waals surface area contributed by atoms with Crippen molar-refractivity contribution < 1.29 is 13.2 Å². The molecule has 116 valence electrons. The second kappa shape index (κ2) is 6.87. The molecule has 1 atom stereocenters. The van der Waals surface area contributed by atoms with E-state index in [2.05, 4.69) is 10.6 Å². The summed E-state index contributed by atoms with van der Waals surface area (Å²) in [6.45, 7) is 4.47. The average Bonchev–Trinajstić information content (AvgIpc) is 2.48. The van der Waals surface area contributed by atoms with Gasteiger partial charge in [-0.1, -0.05) is 0 Å². The third-order valence-electron chi connectivity index (χ3n) is 4.23. The lowest BCUT2D eigenvalue weighted by Crippen LogP contribution is -2.49. The number of hydrogen-bond donors (Lipinski definition) is 2. The Bertz CT molecular complexity index is 424. The Morgan fingerprint density at radius 2 is 2.00 bits per heavy atom. The molecule has 0 spiro atoms. The van der Waals surface area contributed by atoms with Crippen LogP contribution in [0.4, 0.5) is 0 Å². The minimum atomic E-state index is -3.11. The van der Waals surface area contributed by atoms with E-state index >= 15 is 0 Å². The summed E-state index contributed by atoms with van der Waals surface area (Å²) in [6.07, 6.45) is 3.39. The smallest absolute Gasteiger partial charge is 0.223 e. The fourth-order valence-electron chi connectivity index (χ4n) is 2.87. The van der Waals surface area contributed by atoms with Gasteiger partial charge in [-0.3, -0.25) is 4.79 Å². The summed E-state index contributed by atoms with van der Waals surface area (Å²) in [5.74, 6) is 0.185. The summed E-state index contributed by atoms with van der Waals surface area (Å²) >= 11 is 0. The van der Waals surface area contributed by atoms with Crippen molar-refractivity contribution in [2.45, 2.75) is 38.6 Å². The molecule has 2 N–H and O–H groups in total. The predicted molar refractivity (Wildman–Crippen MR) is 77.8 cm³/mol. The zero-order valence-corrected chi connectivity index (χ0v) is 12.9. The first-order valence-electron chi connectivity index (χ1n) is 7.52. The van der Waals surface area contributed by atoms with Crippen molar-refractivity contribution in [3.05, 3.63) is 0 Å². The number of carbonyl (C=O) groups excluding carboxylic acids is 1. The Balaban J connectivity index is 1.79. The summed E-state index contributed by atoms with van der Waals surface area (Å²) in [4.78, 5) is 12.2. The van der Waals surface area contributed by atoms with Gasteiger partial charge in [0.15, 0.2) is 0 Å². The monoisotopic (exact) mass is 303 g/mol.